The summed E-state index contributed by atoms with van der Waals surface area (Å²) in [5.41, 5.74) is 4.25. The molecule has 6 nitrogen and oxygen atoms in total. The zero-order valence-electron chi connectivity index (χ0n) is 16.7. The number of carbonyl (C=O) groups excluding carboxylic acids is 1. The van der Waals surface area contributed by atoms with Crippen molar-refractivity contribution in [1.82, 2.24) is 14.9 Å². The third-order valence-electron chi connectivity index (χ3n) is 5.44. The first kappa shape index (κ1) is 18.5. The maximum atomic E-state index is 13.0. The number of amides is 1. The second-order valence-electron chi connectivity index (χ2n) is 7.27. The molecule has 0 N–H and O–H groups in total. The molecule has 6 heteroatoms. The maximum Gasteiger partial charge on any atom is 0.254 e. The zero-order chi connectivity index (χ0) is 20.5. The van der Waals surface area contributed by atoms with E-state index in [0.29, 0.717) is 37.7 Å². The molecule has 0 unspecified atom stereocenters. The van der Waals surface area contributed by atoms with Crippen molar-refractivity contribution in [2.75, 3.05) is 33.4 Å². The molecule has 4 aromatic rings. The average molecular weight is 399 g/mol. The van der Waals surface area contributed by atoms with E-state index in [0.717, 1.165) is 32.9 Å². The third kappa shape index (κ3) is 3.35. The molecular formula is C24H21N3O3. The first-order chi connectivity index (χ1) is 14.7. The molecular weight excluding hydrogens is 378 g/mol. The van der Waals surface area contributed by atoms with Gasteiger partial charge < -0.3 is 14.4 Å². The predicted molar refractivity (Wildman–Crippen MR) is 116 cm³/mol. The number of carbonyl (C=O) groups is 1. The highest BCUT2D eigenvalue weighted by molar-refractivity contribution is 6.03. The lowest BCUT2D eigenvalue weighted by Crippen LogP contribution is -2.40. The summed E-state index contributed by atoms with van der Waals surface area (Å²) in [4.78, 5) is 24.0. The van der Waals surface area contributed by atoms with Crippen molar-refractivity contribution < 1.29 is 14.3 Å². The molecule has 5 rings (SSSR count). The van der Waals surface area contributed by atoms with Crippen LogP contribution in [0.25, 0.3) is 32.9 Å². The number of ether oxygens (including phenoxy) is 2. The van der Waals surface area contributed by atoms with E-state index in [1.807, 2.05) is 59.6 Å². The smallest absolute Gasteiger partial charge is 0.254 e. The van der Waals surface area contributed by atoms with Gasteiger partial charge in [-0.2, -0.15) is 0 Å². The Labute approximate surface area is 174 Å². The fourth-order valence-corrected chi connectivity index (χ4v) is 3.85. The van der Waals surface area contributed by atoms with Crippen molar-refractivity contribution in [2.24, 2.45) is 0 Å². The first-order valence-electron chi connectivity index (χ1n) is 9.94. The van der Waals surface area contributed by atoms with Crippen molar-refractivity contribution in [2.45, 2.75) is 0 Å². The fraction of sp³-hybridized carbons (Fsp3) is 0.208. The van der Waals surface area contributed by atoms with Crippen LogP contribution >= 0.6 is 0 Å². The molecule has 1 aliphatic rings. The van der Waals surface area contributed by atoms with Crippen molar-refractivity contribution >= 4 is 27.7 Å². The number of para-hydroxylation sites is 1. The number of benzene rings is 2. The summed E-state index contributed by atoms with van der Waals surface area (Å²) in [5.74, 6) is 0.538. The van der Waals surface area contributed by atoms with Gasteiger partial charge in [-0.25, -0.2) is 4.98 Å². The van der Waals surface area contributed by atoms with E-state index < -0.39 is 0 Å². The zero-order valence-corrected chi connectivity index (χ0v) is 16.7. The van der Waals surface area contributed by atoms with Crippen LogP contribution in [0.5, 0.6) is 5.88 Å². The molecule has 150 valence electrons. The van der Waals surface area contributed by atoms with Crippen LogP contribution in [-0.2, 0) is 4.74 Å². The number of aromatic nitrogens is 2. The highest BCUT2D eigenvalue weighted by atomic mass is 16.5. The fourth-order valence-electron chi connectivity index (χ4n) is 3.85. The van der Waals surface area contributed by atoms with Crippen LogP contribution in [0.4, 0.5) is 0 Å². The van der Waals surface area contributed by atoms with Gasteiger partial charge in [0.2, 0.25) is 5.88 Å². The largest absolute Gasteiger partial charge is 0.481 e. The average Bonchev–Trinajstić information content (AvgIpc) is 2.82. The molecule has 1 fully saturated rings. The number of rotatable bonds is 3. The Morgan fingerprint density at radius 2 is 1.87 bits per heavy atom. The summed E-state index contributed by atoms with van der Waals surface area (Å²) in [5, 5.41) is 1.95. The van der Waals surface area contributed by atoms with Crippen LogP contribution < -0.4 is 4.74 Å². The Morgan fingerprint density at radius 1 is 1.03 bits per heavy atom. The molecule has 1 saturated heterocycles. The van der Waals surface area contributed by atoms with Crippen molar-refractivity contribution in [3.8, 4) is 17.0 Å². The predicted octanol–water partition coefficient (Wildman–Crippen LogP) is 3.93. The quantitative estimate of drug-likeness (QED) is 0.522. The number of nitrogens with zero attached hydrogens (tertiary/aromatic N) is 3. The Hall–Kier alpha value is -3.51. The maximum absolute atomic E-state index is 13.0. The van der Waals surface area contributed by atoms with Gasteiger partial charge in [0.15, 0.2) is 0 Å². The summed E-state index contributed by atoms with van der Waals surface area (Å²) >= 11 is 0. The van der Waals surface area contributed by atoms with Gasteiger partial charge in [-0.15, -0.1) is 0 Å². The van der Waals surface area contributed by atoms with Crippen LogP contribution in [0, 0.1) is 0 Å². The van der Waals surface area contributed by atoms with Gasteiger partial charge >= 0.3 is 0 Å². The summed E-state index contributed by atoms with van der Waals surface area (Å²) in [6.07, 6.45) is 1.85. The lowest BCUT2D eigenvalue weighted by atomic mass is 9.99. The van der Waals surface area contributed by atoms with Crippen LogP contribution in [-0.4, -0.2) is 54.2 Å². The van der Waals surface area contributed by atoms with Gasteiger partial charge in [0.05, 0.1) is 31.4 Å². The third-order valence-corrected chi connectivity index (χ3v) is 5.44. The minimum Gasteiger partial charge on any atom is -0.481 e. The Kier molecular flexibility index (Phi) is 4.77. The van der Waals surface area contributed by atoms with Gasteiger partial charge in [0.1, 0.15) is 0 Å². The highest BCUT2D eigenvalue weighted by Crippen LogP contribution is 2.33. The van der Waals surface area contributed by atoms with E-state index in [1.54, 1.807) is 7.11 Å². The number of pyridine rings is 2. The number of methoxy groups -OCH3 is 1. The normalized spacial score (nSPS) is 14.2. The lowest BCUT2D eigenvalue weighted by Gasteiger charge is -2.27. The van der Waals surface area contributed by atoms with E-state index in [1.165, 1.54) is 0 Å². The molecule has 0 bridgehead atoms. The summed E-state index contributed by atoms with van der Waals surface area (Å²) in [6.45, 7) is 2.37. The first-order valence-corrected chi connectivity index (χ1v) is 9.94. The Bertz CT molecular complexity index is 1250. The summed E-state index contributed by atoms with van der Waals surface area (Å²) in [7, 11) is 1.60. The van der Waals surface area contributed by atoms with E-state index in [9.17, 15) is 4.79 Å². The van der Waals surface area contributed by atoms with Crippen LogP contribution in [0.1, 0.15) is 10.4 Å². The Balaban J connectivity index is 1.65. The van der Waals surface area contributed by atoms with Gasteiger partial charge in [-0.3, -0.25) is 9.78 Å². The number of hydrogen-bond acceptors (Lipinski definition) is 5. The second-order valence-corrected chi connectivity index (χ2v) is 7.27. The summed E-state index contributed by atoms with van der Waals surface area (Å²) in [6, 6.07) is 17.6. The van der Waals surface area contributed by atoms with Gasteiger partial charge in [-0.1, -0.05) is 18.2 Å². The standard InChI is InChI=1S/C24H21N3O3/c1-29-23-14-19(18-12-16-4-2-3-5-21(16)25-15-18)20-13-17(6-7-22(20)26-23)24(28)27-8-10-30-11-9-27/h2-7,12-15H,8-11H2,1H3. The van der Waals surface area contributed by atoms with Crippen molar-refractivity contribution in [3.63, 3.8) is 0 Å². The monoisotopic (exact) mass is 399 g/mol. The minimum absolute atomic E-state index is 0.0126. The molecule has 3 heterocycles. The molecule has 0 aliphatic carbocycles. The molecule has 1 amide bonds. The topological polar surface area (TPSA) is 64.5 Å². The molecule has 0 radical (unpaired) electrons. The molecule has 2 aromatic carbocycles. The van der Waals surface area contributed by atoms with Gasteiger partial charge in [0.25, 0.3) is 5.91 Å². The van der Waals surface area contributed by atoms with Gasteiger partial charge in [0, 0.05) is 47.3 Å². The number of morpholine rings is 1. The van der Waals surface area contributed by atoms with E-state index >= 15 is 0 Å². The minimum atomic E-state index is 0.0126. The second kappa shape index (κ2) is 7.72. The van der Waals surface area contributed by atoms with Crippen molar-refractivity contribution in [3.05, 3.63) is 66.4 Å². The lowest BCUT2D eigenvalue weighted by molar-refractivity contribution is 0.0303. The summed E-state index contributed by atoms with van der Waals surface area (Å²) < 4.78 is 10.8. The van der Waals surface area contributed by atoms with Crippen LogP contribution in [0.2, 0.25) is 0 Å². The molecule has 0 saturated carbocycles. The SMILES string of the molecule is COc1cc(-c2cnc3ccccc3c2)c2cc(C(=O)N3CCOCC3)ccc2n1. The molecule has 0 atom stereocenters. The number of hydrogen-bond donors (Lipinski definition) is 0. The number of fused-ring (bicyclic) bond motifs is 2. The van der Waals surface area contributed by atoms with E-state index in [2.05, 4.69) is 16.0 Å². The highest BCUT2D eigenvalue weighted by Gasteiger charge is 2.20. The Morgan fingerprint density at radius 3 is 2.70 bits per heavy atom. The van der Waals surface area contributed by atoms with Crippen LogP contribution in [0.3, 0.4) is 0 Å². The van der Waals surface area contributed by atoms with Crippen LogP contribution in [0.15, 0.2) is 60.8 Å². The molecule has 0 spiro atoms. The van der Waals surface area contributed by atoms with Crippen molar-refractivity contribution in [1.29, 1.82) is 0 Å². The molecule has 30 heavy (non-hydrogen) atoms. The van der Waals surface area contributed by atoms with E-state index in [4.69, 9.17) is 9.47 Å². The van der Waals surface area contributed by atoms with Gasteiger partial charge in [-0.05, 0) is 35.9 Å². The molecule has 2 aromatic heterocycles. The molecule has 1 aliphatic heterocycles. The van der Waals surface area contributed by atoms with E-state index in [-0.39, 0.29) is 5.91 Å².